The Balaban J connectivity index is 0.000000738. The molecule has 0 bridgehead atoms. The summed E-state index contributed by atoms with van der Waals surface area (Å²) in [5.41, 5.74) is 0.998. The molecule has 13 nitrogen and oxygen atoms in total. The van der Waals surface area contributed by atoms with Crippen LogP contribution in [0.1, 0.15) is 43.2 Å². The van der Waals surface area contributed by atoms with E-state index >= 15 is 0 Å². The zero-order valence-corrected chi connectivity index (χ0v) is 24.9. The van der Waals surface area contributed by atoms with Gasteiger partial charge in [0.05, 0.1) is 12.5 Å². The number of halogens is 3. The first kappa shape index (κ1) is 35.3. The van der Waals surface area contributed by atoms with E-state index in [9.17, 15) is 32.7 Å². The molecule has 2 aromatic heterocycles. The number of amides is 1. The molecular weight excluding hydrogens is 613 g/mol. The summed E-state index contributed by atoms with van der Waals surface area (Å²) in [6.45, 7) is 1.82. The third-order valence-electron chi connectivity index (χ3n) is 6.88. The van der Waals surface area contributed by atoms with Crippen LogP contribution < -0.4 is 21.6 Å². The summed E-state index contributed by atoms with van der Waals surface area (Å²) in [5, 5.41) is 26.0. The van der Waals surface area contributed by atoms with Crippen LogP contribution in [0.2, 0.25) is 0 Å². The van der Waals surface area contributed by atoms with Gasteiger partial charge in [0.1, 0.15) is 18.2 Å². The number of aliphatic carboxylic acids is 2. The van der Waals surface area contributed by atoms with E-state index in [1.54, 1.807) is 12.4 Å². The van der Waals surface area contributed by atoms with Crippen molar-refractivity contribution < 1.29 is 42.5 Å². The van der Waals surface area contributed by atoms with Gasteiger partial charge in [-0.25, -0.2) is 19.4 Å². The number of benzene rings is 1. The lowest BCUT2D eigenvalue weighted by atomic mass is 9.90. The van der Waals surface area contributed by atoms with Crippen LogP contribution in [0, 0.1) is 6.92 Å². The second-order valence-corrected chi connectivity index (χ2v) is 10.5. The van der Waals surface area contributed by atoms with Gasteiger partial charge in [-0.15, -0.1) is 0 Å². The second kappa shape index (κ2) is 16.8. The summed E-state index contributed by atoms with van der Waals surface area (Å²) < 4.78 is 38.3. The van der Waals surface area contributed by atoms with Crippen molar-refractivity contribution in [3.05, 3.63) is 82.5 Å². The number of anilines is 2. The molecule has 1 saturated carbocycles. The zero-order valence-electron chi connectivity index (χ0n) is 24.9. The monoisotopic (exact) mass is 648 g/mol. The van der Waals surface area contributed by atoms with Gasteiger partial charge in [-0.2, -0.15) is 18.2 Å². The van der Waals surface area contributed by atoms with Crippen LogP contribution in [-0.4, -0.2) is 67.1 Å². The highest BCUT2D eigenvalue weighted by Gasteiger charge is 2.38. The minimum atomic E-state index is -5.08. The van der Waals surface area contributed by atoms with Crippen LogP contribution in [0.25, 0.3) is 0 Å². The maximum atomic E-state index is 12.9. The van der Waals surface area contributed by atoms with Crippen LogP contribution in [0.5, 0.6) is 0 Å². The van der Waals surface area contributed by atoms with Gasteiger partial charge in [0.2, 0.25) is 0 Å². The van der Waals surface area contributed by atoms with Crippen molar-refractivity contribution in [2.45, 2.75) is 76.5 Å². The summed E-state index contributed by atoms with van der Waals surface area (Å²) >= 11 is 0. The van der Waals surface area contributed by atoms with Crippen molar-refractivity contribution in [2.24, 2.45) is 0 Å². The molecule has 1 aliphatic rings. The summed E-state index contributed by atoms with van der Waals surface area (Å²) in [7, 11) is 0. The van der Waals surface area contributed by atoms with E-state index in [2.05, 4.69) is 25.9 Å². The fourth-order valence-electron chi connectivity index (χ4n) is 4.71. The number of aromatic nitrogens is 3. The number of pyridine rings is 1. The number of alkyl halides is 3. The number of aryl methyl sites for hydroxylation is 1. The van der Waals surface area contributed by atoms with Gasteiger partial charge in [0.25, 0.3) is 0 Å². The minimum Gasteiger partial charge on any atom is -0.481 e. The molecular formula is C30H35F3N6O7. The molecule has 3 unspecified atom stereocenters. The lowest BCUT2D eigenvalue weighted by molar-refractivity contribution is -0.192. The average molecular weight is 649 g/mol. The minimum absolute atomic E-state index is 0.0464. The van der Waals surface area contributed by atoms with E-state index in [1.165, 1.54) is 4.57 Å². The predicted octanol–water partition coefficient (Wildman–Crippen LogP) is 4.18. The number of hydrogen-bond acceptors (Lipinski definition) is 9. The van der Waals surface area contributed by atoms with Crippen LogP contribution in [0.15, 0.2) is 65.7 Å². The van der Waals surface area contributed by atoms with E-state index in [4.69, 9.17) is 14.6 Å². The summed E-state index contributed by atoms with van der Waals surface area (Å²) in [6.07, 6.45) is 1.21. The van der Waals surface area contributed by atoms with Gasteiger partial charge in [-0.05, 0) is 37.5 Å². The molecule has 248 valence electrons. The van der Waals surface area contributed by atoms with Crippen molar-refractivity contribution in [1.29, 1.82) is 0 Å². The van der Waals surface area contributed by atoms with Gasteiger partial charge in [-0.3, -0.25) is 9.36 Å². The molecule has 46 heavy (non-hydrogen) atoms. The third kappa shape index (κ3) is 11.7. The first-order valence-electron chi connectivity index (χ1n) is 14.3. The van der Waals surface area contributed by atoms with Gasteiger partial charge < -0.3 is 30.9 Å². The number of nitrogens with zero attached hydrogens (tertiary/aromatic N) is 3. The second-order valence-electron chi connectivity index (χ2n) is 10.5. The molecule has 1 aromatic carbocycles. The van der Waals surface area contributed by atoms with Crippen LogP contribution in [-0.2, 0) is 27.5 Å². The number of alkyl carbamates (subject to hydrolysis) is 1. The predicted molar refractivity (Wildman–Crippen MR) is 160 cm³/mol. The highest BCUT2D eigenvalue weighted by molar-refractivity contribution is 5.73. The maximum absolute atomic E-state index is 12.9. The van der Waals surface area contributed by atoms with E-state index in [-0.39, 0.29) is 31.7 Å². The summed E-state index contributed by atoms with van der Waals surface area (Å²) in [4.78, 5) is 54.2. The third-order valence-corrected chi connectivity index (χ3v) is 6.88. The molecule has 4 rings (SSSR count). The molecule has 3 atom stereocenters. The number of carbonyl (C=O) groups is 3. The van der Waals surface area contributed by atoms with Gasteiger partial charge in [0.15, 0.2) is 0 Å². The number of hydrogen-bond donors (Lipinski definition) is 5. The Bertz CT molecular complexity index is 1510. The fraction of sp³-hybridized carbons (Fsp3) is 0.400. The Hall–Kier alpha value is -5.15. The quantitative estimate of drug-likeness (QED) is 0.201. The number of carbonyl (C=O) groups excluding carboxylic acids is 1. The number of carboxylic acid groups (broad SMARTS) is 2. The topological polar surface area (TPSA) is 185 Å². The zero-order chi connectivity index (χ0) is 33.7. The smallest absolute Gasteiger partial charge is 0.481 e. The first-order valence-corrected chi connectivity index (χ1v) is 14.3. The maximum Gasteiger partial charge on any atom is 0.490 e. The summed E-state index contributed by atoms with van der Waals surface area (Å²) in [6, 6.07) is 14.2. The van der Waals surface area contributed by atoms with Crippen molar-refractivity contribution >= 4 is 29.7 Å². The Kier molecular flexibility index (Phi) is 12.9. The molecule has 16 heteroatoms. The molecule has 0 aliphatic heterocycles. The van der Waals surface area contributed by atoms with Crippen molar-refractivity contribution in [1.82, 2.24) is 19.9 Å². The first-order chi connectivity index (χ1) is 21.8. The van der Waals surface area contributed by atoms with E-state index in [0.717, 1.165) is 42.6 Å². The lowest BCUT2D eigenvalue weighted by Crippen LogP contribution is -2.44. The van der Waals surface area contributed by atoms with E-state index in [1.807, 2.05) is 55.5 Å². The van der Waals surface area contributed by atoms with Gasteiger partial charge in [-0.1, -0.05) is 49.2 Å². The molecule has 1 fully saturated rings. The van der Waals surface area contributed by atoms with Crippen LogP contribution in [0.4, 0.5) is 29.6 Å². The lowest BCUT2D eigenvalue weighted by Gasteiger charge is -2.33. The molecule has 2 heterocycles. The molecule has 1 amide bonds. The van der Waals surface area contributed by atoms with Crippen LogP contribution in [0.3, 0.4) is 0 Å². The number of carboxylic acids is 2. The Morgan fingerprint density at radius 1 is 1.02 bits per heavy atom. The average Bonchev–Trinajstić information content (AvgIpc) is 3.00. The van der Waals surface area contributed by atoms with Crippen molar-refractivity contribution in [2.75, 3.05) is 10.6 Å². The normalized spacial score (nSPS) is 16.6. The standard InChI is InChI=1S/C28H34N6O5.C2HF3O2/c1-19-16-34(17-21(15-25(35)36)30-28(38)39-18-20-9-3-2-4-10-20)27(37)33-26(19)32-23-12-6-5-11-22(23)31-24-13-7-8-14-29-24;3-2(4,5)1(6)7/h2-4,7-10,13-14,16,21-23H,5-6,11-12,15,17-18H2,1H3,(H,29,31)(H,30,38)(H,35,36)(H,32,33,37);(H,6,7). The Morgan fingerprint density at radius 2 is 1.65 bits per heavy atom. The highest BCUT2D eigenvalue weighted by atomic mass is 19.4. The largest absolute Gasteiger partial charge is 0.490 e. The molecule has 0 saturated heterocycles. The van der Waals surface area contributed by atoms with Gasteiger partial charge in [0, 0.05) is 36.6 Å². The Labute approximate surface area is 261 Å². The molecule has 0 radical (unpaired) electrons. The number of nitrogens with one attached hydrogen (secondary N) is 3. The molecule has 0 spiro atoms. The number of rotatable bonds is 11. The van der Waals surface area contributed by atoms with E-state index in [0.29, 0.717) is 5.82 Å². The van der Waals surface area contributed by atoms with Crippen molar-refractivity contribution in [3.8, 4) is 0 Å². The Morgan fingerprint density at radius 3 is 2.24 bits per heavy atom. The molecule has 3 aromatic rings. The van der Waals surface area contributed by atoms with Crippen LogP contribution >= 0.6 is 0 Å². The molecule has 5 N–H and O–H groups in total. The fourth-order valence-corrected chi connectivity index (χ4v) is 4.71. The van der Waals surface area contributed by atoms with Gasteiger partial charge >= 0.3 is 29.9 Å². The SMILES string of the molecule is Cc1cn(CC(CC(=O)O)NC(=O)OCc2ccccc2)c(=O)nc1NC1CCCCC1Nc1ccccn1.O=C(O)C(F)(F)F. The molecule has 1 aliphatic carbocycles. The number of ether oxygens (including phenoxy) is 1. The summed E-state index contributed by atoms with van der Waals surface area (Å²) in [5.74, 6) is -2.58. The highest BCUT2D eigenvalue weighted by Crippen LogP contribution is 2.25. The van der Waals surface area contributed by atoms with Crippen molar-refractivity contribution in [3.63, 3.8) is 0 Å². The van der Waals surface area contributed by atoms with E-state index < -0.39 is 35.9 Å².